The lowest BCUT2D eigenvalue weighted by Crippen LogP contribution is -2.24. The molecule has 0 saturated carbocycles. The molecule has 1 atom stereocenters. The largest absolute Gasteiger partial charge is 0.387 e. The Balaban J connectivity index is 1.90. The minimum absolute atomic E-state index is 0.443. The molecule has 100 valence electrons. The maximum atomic E-state index is 10.2. The Kier molecular flexibility index (Phi) is 5.14. The predicted molar refractivity (Wildman–Crippen MR) is 81.9 cm³/mol. The highest BCUT2D eigenvalue weighted by Crippen LogP contribution is 2.15. The van der Waals surface area contributed by atoms with Gasteiger partial charge < -0.3 is 5.11 Å². The van der Waals surface area contributed by atoms with E-state index in [2.05, 4.69) is 33.0 Å². The minimum Gasteiger partial charge on any atom is -0.387 e. The maximum absolute atomic E-state index is 10.2. The molecule has 0 saturated heterocycles. The van der Waals surface area contributed by atoms with Crippen LogP contribution in [0.2, 0.25) is 0 Å². The summed E-state index contributed by atoms with van der Waals surface area (Å²) in [5, 5.41) is 10.2. The number of benzene rings is 2. The lowest BCUT2D eigenvalue weighted by Gasteiger charge is -2.21. The topological polar surface area (TPSA) is 23.5 Å². The number of aliphatic hydroxyl groups excluding tert-OH is 1. The van der Waals surface area contributed by atoms with Gasteiger partial charge in [0.2, 0.25) is 0 Å². The van der Waals surface area contributed by atoms with E-state index >= 15 is 0 Å². The summed E-state index contributed by atoms with van der Waals surface area (Å²) in [4.78, 5) is 2.13. The van der Waals surface area contributed by atoms with Crippen LogP contribution in [0.4, 0.5) is 0 Å². The summed E-state index contributed by atoms with van der Waals surface area (Å²) in [6.07, 6.45) is -0.443. The van der Waals surface area contributed by atoms with E-state index in [1.54, 1.807) is 0 Å². The fourth-order valence-corrected chi connectivity index (χ4v) is 2.31. The standard InChI is InChI=1S/C16H18BrNO/c1-18(11-13-7-9-15(17)10-8-13)12-16(19)14-5-3-2-4-6-14/h2-10,16,19H,11-12H2,1H3/t16-/m0/s1. The normalized spacial score (nSPS) is 12.6. The predicted octanol–water partition coefficient (Wildman–Crippen LogP) is 3.61. The summed E-state index contributed by atoms with van der Waals surface area (Å²) in [6.45, 7) is 1.46. The molecule has 2 nitrogen and oxygen atoms in total. The molecule has 2 rings (SSSR count). The number of hydrogen-bond acceptors (Lipinski definition) is 2. The van der Waals surface area contributed by atoms with E-state index in [0.29, 0.717) is 6.54 Å². The van der Waals surface area contributed by atoms with Crippen LogP contribution in [-0.4, -0.2) is 23.6 Å². The first-order valence-corrected chi connectivity index (χ1v) is 7.10. The van der Waals surface area contributed by atoms with Gasteiger partial charge in [0.05, 0.1) is 6.10 Å². The van der Waals surface area contributed by atoms with Gasteiger partial charge in [-0.05, 0) is 30.3 Å². The molecule has 0 aliphatic carbocycles. The van der Waals surface area contributed by atoms with Gasteiger partial charge >= 0.3 is 0 Å². The van der Waals surface area contributed by atoms with Crippen LogP contribution in [0.1, 0.15) is 17.2 Å². The highest BCUT2D eigenvalue weighted by atomic mass is 79.9. The maximum Gasteiger partial charge on any atom is 0.0916 e. The molecule has 0 spiro atoms. The molecule has 2 aromatic carbocycles. The molecule has 0 fully saturated rings. The molecule has 3 heteroatoms. The zero-order valence-corrected chi connectivity index (χ0v) is 12.5. The van der Waals surface area contributed by atoms with E-state index < -0.39 is 6.10 Å². The van der Waals surface area contributed by atoms with Crippen molar-refractivity contribution in [3.05, 3.63) is 70.2 Å². The van der Waals surface area contributed by atoms with Gasteiger partial charge in [-0.15, -0.1) is 0 Å². The third kappa shape index (κ3) is 4.46. The van der Waals surface area contributed by atoms with E-state index in [0.717, 1.165) is 16.6 Å². The second-order valence-corrected chi connectivity index (χ2v) is 5.67. The summed E-state index contributed by atoms with van der Waals surface area (Å²) in [5.41, 5.74) is 2.20. The van der Waals surface area contributed by atoms with Crippen LogP contribution < -0.4 is 0 Å². The zero-order valence-electron chi connectivity index (χ0n) is 11.0. The first kappa shape index (κ1) is 14.3. The summed E-state index contributed by atoms with van der Waals surface area (Å²) < 4.78 is 1.09. The van der Waals surface area contributed by atoms with Crippen molar-refractivity contribution in [3.63, 3.8) is 0 Å². The second-order valence-electron chi connectivity index (χ2n) is 4.75. The Hall–Kier alpha value is -1.16. The van der Waals surface area contributed by atoms with Crippen LogP contribution in [0.5, 0.6) is 0 Å². The molecule has 0 radical (unpaired) electrons. The Labute approximate surface area is 122 Å². The van der Waals surface area contributed by atoms with Gasteiger partial charge in [-0.1, -0.05) is 58.4 Å². The van der Waals surface area contributed by atoms with Crippen molar-refractivity contribution >= 4 is 15.9 Å². The summed E-state index contributed by atoms with van der Waals surface area (Å²) in [6, 6.07) is 18.0. The molecule has 0 amide bonds. The molecule has 0 heterocycles. The Morgan fingerprint density at radius 1 is 1.05 bits per heavy atom. The zero-order chi connectivity index (χ0) is 13.7. The van der Waals surface area contributed by atoms with Crippen LogP contribution in [-0.2, 0) is 6.54 Å². The Bertz CT molecular complexity index is 498. The van der Waals surface area contributed by atoms with E-state index in [-0.39, 0.29) is 0 Å². The SMILES string of the molecule is CN(Cc1ccc(Br)cc1)C[C@H](O)c1ccccc1. The van der Waals surface area contributed by atoms with Gasteiger partial charge in [-0.25, -0.2) is 0 Å². The molecular weight excluding hydrogens is 302 g/mol. The third-order valence-electron chi connectivity index (χ3n) is 3.03. The van der Waals surface area contributed by atoms with Crippen LogP contribution >= 0.6 is 15.9 Å². The minimum atomic E-state index is -0.443. The van der Waals surface area contributed by atoms with Crippen LogP contribution in [0.3, 0.4) is 0 Å². The Morgan fingerprint density at radius 3 is 2.32 bits per heavy atom. The van der Waals surface area contributed by atoms with Gasteiger partial charge in [0.25, 0.3) is 0 Å². The molecule has 0 aliphatic rings. The summed E-state index contributed by atoms with van der Waals surface area (Å²) in [7, 11) is 2.02. The third-order valence-corrected chi connectivity index (χ3v) is 3.56. The lowest BCUT2D eigenvalue weighted by molar-refractivity contribution is 0.124. The van der Waals surface area contributed by atoms with Crippen molar-refractivity contribution in [3.8, 4) is 0 Å². The van der Waals surface area contributed by atoms with E-state index in [1.165, 1.54) is 5.56 Å². The smallest absolute Gasteiger partial charge is 0.0916 e. The van der Waals surface area contributed by atoms with Crippen LogP contribution in [0.25, 0.3) is 0 Å². The van der Waals surface area contributed by atoms with Crippen molar-refractivity contribution in [1.29, 1.82) is 0 Å². The number of aliphatic hydroxyl groups is 1. The van der Waals surface area contributed by atoms with Gasteiger partial charge in [0, 0.05) is 17.6 Å². The quantitative estimate of drug-likeness (QED) is 0.910. The van der Waals surface area contributed by atoms with E-state index in [4.69, 9.17) is 0 Å². The van der Waals surface area contributed by atoms with Crippen molar-refractivity contribution in [2.45, 2.75) is 12.6 Å². The van der Waals surface area contributed by atoms with Crippen LogP contribution in [0.15, 0.2) is 59.1 Å². The molecular formula is C16H18BrNO. The average molecular weight is 320 g/mol. The molecule has 0 unspecified atom stereocenters. The number of halogens is 1. The van der Waals surface area contributed by atoms with Crippen molar-refractivity contribution in [2.24, 2.45) is 0 Å². The van der Waals surface area contributed by atoms with Crippen molar-refractivity contribution < 1.29 is 5.11 Å². The average Bonchev–Trinajstić information content (AvgIpc) is 2.42. The highest BCUT2D eigenvalue weighted by molar-refractivity contribution is 9.10. The number of nitrogens with zero attached hydrogens (tertiary/aromatic N) is 1. The van der Waals surface area contributed by atoms with Gasteiger partial charge in [-0.2, -0.15) is 0 Å². The van der Waals surface area contributed by atoms with Crippen molar-refractivity contribution in [2.75, 3.05) is 13.6 Å². The van der Waals surface area contributed by atoms with Gasteiger partial charge in [0.1, 0.15) is 0 Å². The molecule has 2 aromatic rings. The molecule has 19 heavy (non-hydrogen) atoms. The van der Waals surface area contributed by atoms with Crippen molar-refractivity contribution in [1.82, 2.24) is 4.90 Å². The fraction of sp³-hybridized carbons (Fsp3) is 0.250. The first-order chi connectivity index (χ1) is 9.15. The second kappa shape index (κ2) is 6.85. The molecule has 1 N–H and O–H groups in total. The van der Waals surface area contributed by atoms with Gasteiger partial charge in [-0.3, -0.25) is 4.90 Å². The van der Waals surface area contributed by atoms with E-state index in [1.807, 2.05) is 49.5 Å². The number of hydrogen-bond donors (Lipinski definition) is 1. The van der Waals surface area contributed by atoms with E-state index in [9.17, 15) is 5.11 Å². The Morgan fingerprint density at radius 2 is 1.68 bits per heavy atom. The summed E-state index contributed by atoms with van der Waals surface area (Å²) in [5.74, 6) is 0. The fourth-order valence-electron chi connectivity index (χ4n) is 2.04. The molecule has 0 bridgehead atoms. The summed E-state index contributed by atoms with van der Waals surface area (Å²) >= 11 is 3.43. The highest BCUT2D eigenvalue weighted by Gasteiger charge is 2.10. The monoisotopic (exact) mass is 319 g/mol. The number of likely N-dealkylation sites (N-methyl/N-ethyl adjacent to an activating group) is 1. The molecule has 0 aromatic heterocycles. The lowest BCUT2D eigenvalue weighted by atomic mass is 10.1. The van der Waals surface area contributed by atoms with Gasteiger partial charge in [0.15, 0.2) is 0 Å². The van der Waals surface area contributed by atoms with Crippen LogP contribution in [0, 0.1) is 0 Å². The number of rotatable bonds is 5. The first-order valence-electron chi connectivity index (χ1n) is 6.31. The molecule has 0 aliphatic heterocycles.